The van der Waals surface area contributed by atoms with Crippen LogP contribution in [0.2, 0.25) is 0 Å². The number of nitrogens with zero attached hydrogens (tertiary/aromatic N) is 3. The first-order valence-electron chi connectivity index (χ1n) is 8.56. The number of rotatable bonds is 3. The normalized spacial score (nSPS) is 20.0. The van der Waals surface area contributed by atoms with Gasteiger partial charge in [0.05, 0.1) is 5.69 Å². The Kier molecular flexibility index (Phi) is 3.96. The predicted octanol–water partition coefficient (Wildman–Crippen LogP) is 2.37. The standard InChI is InChI=1S/C18H21FN4O/c19-15-11-13(3-5-16(15)22-8-1-2-9-22)18(24)21-14-4-6-17-20-7-10-23(17)12-14/h3,5,7,10-11,14H,1-2,4,6,8-9,12H2,(H,21,24)/t14-/m0/s1. The molecule has 1 atom stereocenters. The smallest absolute Gasteiger partial charge is 0.251 e. The lowest BCUT2D eigenvalue weighted by Gasteiger charge is -2.25. The number of amides is 1. The summed E-state index contributed by atoms with van der Waals surface area (Å²) in [4.78, 5) is 18.8. The van der Waals surface area contributed by atoms with Crippen molar-refractivity contribution in [1.82, 2.24) is 14.9 Å². The third kappa shape index (κ3) is 2.88. The molecule has 24 heavy (non-hydrogen) atoms. The van der Waals surface area contributed by atoms with Crippen molar-refractivity contribution in [3.8, 4) is 0 Å². The van der Waals surface area contributed by atoms with E-state index in [-0.39, 0.29) is 17.8 Å². The molecule has 1 aromatic carbocycles. The molecule has 2 aromatic rings. The van der Waals surface area contributed by atoms with E-state index in [0.29, 0.717) is 11.3 Å². The average Bonchev–Trinajstić information content (AvgIpc) is 3.25. The number of carbonyl (C=O) groups is 1. The lowest BCUT2D eigenvalue weighted by atomic mass is 10.1. The molecule has 0 spiro atoms. The number of hydrogen-bond acceptors (Lipinski definition) is 3. The number of aryl methyl sites for hydroxylation is 1. The van der Waals surface area contributed by atoms with Crippen LogP contribution in [0, 0.1) is 5.82 Å². The molecule has 2 aliphatic rings. The molecule has 1 fully saturated rings. The molecule has 1 saturated heterocycles. The second-order valence-corrected chi connectivity index (χ2v) is 6.57. The Morgan fingerprint density at radius 2 is 2.12 bits per heavy atom. The molecular formula is C18H21FN4O. The van der Waals surface area contributed by atoms with Gasteiger partial charge in [0, 0.05) is 50.1 Å². The highest BCUT2D eigenvalue weighted by Crippen LogP contribution is 2.24. The van der Waals surface area contributed by atoms with Crippen molar-refractivity contribution in [1.29, 1.82) is 0 Å². The fourth-order valence-corrected chi connectivity index (χ4v) is 3.62. The van der Waals surface area contributed by atoms with Crippen LogP contribution in [0.1, 0.15) is 35.4 Å². The molecule has 0 bridgehead atoms. The first-order chi connectivity index (χ1) is 11.7. The Balaban J connectivity index is 1.44. The Bertz CT molecular complexity index is 751. The van der Waals surface area contributed by atoms with Crippen LogP contribution in [-0.2, 0) is 13.0 Å². The summed E-state index contributed by atoms with van der Waals surface area (Å²) in [5, 5.41) is 3.01. The van der Waals surface area contributed by atoms with Crippen LogP contribution in [-0.4, -0.2) is 34.6 Å². The highest BCUT2D eigenvalue weighted by Gasteiger charge is 2.22. The first kappa shape index (κ1) is 15.2. The minimum atomic E-state index is -0.315. The topological polar surface area (TPSA) is 50.2 Å². The van der Waals surface area contributed by atoms with Gasteiger partial charge in [-0.2, -0.15) is 0 Å². The molecule has 0 unspecified atom stereocenters. The molecule has 6 heteroatoms. The summed E-state index contributed by atoms with van der Waals surface area (Å²) >= 11 is 0. The number of carbonyl (C=O) groups excluding carboxylic acids is 1. The summed E-state index contributed by atoms with van der Waals surface area (Å²) in [6, 6.07) is 4.86. The van der Waals surface area contributed by atoms with E-state index in [9.17, 15) is 9.18 Å². The van der Waals surface area contributed by atoms with Gasteiger partial charge in [-0.15, -0.1) is 0 Å². The summed E-state index contributed by atoms with van der Waals surface area (Å²) in [7, 11) is 0. The Morgan fingerprint density at radius 3 is 2.92 bits per heavy atom. The quantitative estimate of drug-likeness (QED) is 0.941. The number of anilines is 1. The fraction of sp³-hybridized carbons (Fsp3) is 0.444. The van der Waals surface area contributed by atoms with Crippen LogP contribution in [0.3, 0.4) is 0 Å². The van der Waals surface area contributed by atoms with E-state index in [1.165, 1.54) is 6.07 Å². The van der Waals surface area contributed by atoms with Gasteiger partial charge in [-0.3, -0.25) is 4.79 Å². The van der Waals surface area contributed by atoms with Crippen LogP contribution >= 0.6 is 0 Å². The number of fused-ring (bicyclic) bond motifs is 1. The van der Waals surface area contributed by atoms with Crippen LogP contribution in [0.15, 0.2) is 30.6 Å². The van der Waals surface area contributed by atoms with Gasteiger partial charge >= 0.3 is 0 Å². The maximum absolute atomic E-state index is 14.4. The van der Waals surface area contributed by atoms with Crippen molar-refractivity contribution in [2.45, 2.75) is 38.3 Å². The van der Waals surface area contributed by atoms with Gasteiger partial charge in [0.25, 0.3) is 5.91 Å². The van der Waals surface area contributed by atoms with Gasteiger partial charge in [0.1, 0.15) is 11.6 Å². The number of aromatic nitrogens is 2. The van der Waals surface area contributed by atoms with Gasteiger partial charge in [-0.1, -0.05) is 0 Å². The molecule has 1 N–H and O–H groups in total. The number of hydrogen-bond donors (Lipinski definition) is 1. The summed E-state index contributed by atoms with van der Waals surface area (Å²) in [5.41, 5.74) is 0.983. The number of halogens is 1. The zero-order chi connectivity index (χ0) is 16.5. The van der Waals surface area contributed by atoms with Crippen LogP contribution in [0.25, 0.3) is 0 Å². The van der Waals surface area contributed by atoms with Crippen molar-refractivity contribution in [2.24, 2.45) is 0 Å². The lowest BCUT2D eigenvalue weighted by molar-refractivity contribution is 0.0927. The monoisotopic (exact) mass is 328 g/mol. The third-order valence-electron chi connectivity index (χ3n) is 4.93. The van der Waals surface area contributed by atoms with Crippen LogP contribution in [0.5, 0.6) is 0 Å². The SMILES string of the molecule is O=C(N[C@H]1CCc2nccn2C1)c1ccc(N2CCCC2)c(F)c1. The molecule has 0 aliphatic carbocycles. The van der Waals surface area contributed by atoms with E-state index in [0.717, 1.165) is 51.1 Å². The molecule has 1 aromatic heterocycles. The minimum absolute atomic E-state index is 0.0560. The van der Waals surface area contributed by atoms with E-state index < -0.39 is 0 Å². The van der Waals surface area contributed by atoms with E-state index >= 15 is 0 Å². The molecule has 2 aliphatic heterocycles. The van der Waals surface area contributed by atoms with Crippen molar-refractivity contribution >= 4 is 11.6 Å². The van der Waals surface area contributed by atoms with Crippen molar-refractivity contribution in [2.75, 3.05) is 18.0 Å². The molecule has 4 rings (SSSR count). The second kappa shape index (κ2) is 6.26. The average molecular weight is 328 g/mol. The van der Waals surface area contributed by atoms with Crippen molar-refractivity contribution in [3.05, 3.63) is 47.8 Å². The van der Waals surface area contributed by atoms with Gasteiger partial charge in [-0.25, -0.2) is 9.37 Å². The van der Waals surface area contributed by atoms with E-state index in [4.69, 9.17) is 0 Å². The van der Waals surface area contributed by atoms with E-state index in [1.807, 2.05) is 11.1 Å². The Morgan fingerprint density at radius 1 is 1.29 bits per heavy atom. The maximum atomic E-state index is 14.4. The number of benzene rings is 1. The Labute approximate surface area is 140 Å². The molecule has 3 heterocycles. The van der Waals surface area contributed by atoms with E-state index in [2.05, 4.69) is 14.9 Å². The summed E-state index contributed by atoms with van der Waals surface area (Å²) in [5.74, 6) is 0.530. The van der Waals surface area contributed by atoms with Gasteiger partial charge in [0.2, 0.25) is 0 Å². The second-order valence-electron chi connectivity index (χ2n) is 6.57. The van der Waals surface area contributed by atoms with Gasteiger partial charge in [-0.05, 0) is 37.5 Å². The van der Waals surface area contributed by atoms with Crippen LogP contribution in [0.4, 0.5) is 10.1 Å². The first-order valence-corrected chi connectivity index (χ1v) is 8.56. The largest absolute Gasteiger partial charge is 0.369 e. The maximum Gasteiger partial charge on any atom is 0.251 e. The highest BCUT2D eigenvalue weighted by molar-refractivity contribution is 5.94. The summed E-state index contributed by atoms with van der Waals surface area (Å²) in [6.07, 6.45) is 7.61. The van der Waals surface area contributed by atoms with Crippen LogP contribution < -0.4 is 10.2 Å². The predicted molar refractivity (Wildman–Crippen MR) is 89.6 cm³/mol. The van der Waals surface area contributed by atoms with Gasteiger partial charge < -0.3 is 14.8 Å². The molecule has 5 nitrogen and oxygen atoms in total. The molecule has 126 valence electrons. The fourth-order valence-electron chi connectivity index (χ4n) is 3.62. The van der Waals surface area contributed by atoms with Crippen molar-refractivity contribution < 1.29 is 9.18 Å². The number of nitrogens with one attached hydrogen (secondary N) is 1. The zero-order valence-electron chi connectivity index (χ0n) is 13.5. The zero-order valence-corrected chi connectivity index (χ0v) is 13.5. The molecule has 1 amide bonds. The Hall–Kier alpha value is -2.37. The number of imidazole rings is 1. The molecular weight excluding hydrogens is 307 g/mol. The highest BCUT2D eigenvalue weighted by atomic mass is 19.1. The molecule has 0 saturated carbocycles. The minimum Gasteiger partial charge on any atom is -0.369 e. The van der Waals surface area contributed by atoms with Crippen molar-refractivity contribution in [3.63, 3.8) is 0 Å². The molecule has 0 radical (unpaired) electrons. The third-order valence-corrected chi connectivity index (χ3v) is 4.93. The van der Waals surface area contributed by atoms with Gasteiger partial charge in [0.15, 0.2) is 0 Å². The van der Waals surface area contributed by atoms with E-state index in [1.54, 1.807) is 18.3 Å². The summed E-state index contributed by atoms with van der Waals surface area (Å²) in [6.45, 7) is 2.49. The lowest BCUT2D eigenvalue weighted by Crippen LogP contribution is -2.40. The summed E-state index contributed by atoms with van der Waals surface area (Å²) < 4.78 is 16.4.